The Bertz CT molecular complexity index is 336. The van der Waals surface area contributed by atoms with Crippen molar-refractivity contribution in [3.05, 3.63) is 0 Å². The van der Waals surface area contributed by atoms with Gasteiger partial charge in [0.05, 0.1) is 12.0 Å². The molecule has 0 aromatic carbocycles. The van der Waals surface area contributed by atoms with E-state index in [-0.39, 0.29) is 23.8 Å². The Morgan fingerprint density at radius 1 is 1.42 bits per heavy atom. The minimum atomic E-state index is -0.152. The molecule has 0 saturated carbocycles. The Morgan fingerprint density at radius 2 is 2.11 bits per heavy atom. The first-order valence-electron chi connectivity index (χ1n) is 7.23. The molecule has 0 aliphatic carbocycles. The third-order valence-electron chi connectivity index (χ3n) is 3.75. The van der Waals surface area contributed by atoms with Crippen LogP contribution in [0.4, 0.5) is 0 Å². The zero-order valence-electron chi connectivity index (χ0n) is 11.9. The molecule has 19 heavy (non-hydrogen) atoms. The summed E-state index contributed by atoms with van der Waals surface area (Å²) in [7, 11) is 0. The number of hydrogen-bond acceptors (Lipinski definition) is 3. The third-order valence-corrected chi connectivity index (χ3v) is 3.75. The Hall–Kier alpha value is -1.10. The van der Waals surface area contributed by atoms with Gasteiger partial charge < -0.3 is 15.0 Å². The molecule has 1 atom stereocenters. The van der Waals surface area contributed by atoms with E-state index in [0.29, 0.717) is 18.9 Å². The molecule has 2 aliphatic rings. The number of carbonyl (C=O) groups is 2. The number of rotatable bonds is 4. The van der Waals surface area contributed by atoms with Gasteiger partial charge in [-0.15, -0.1) is 0 Å². The highest BCUT2D eigenvalue weighted by Crippen LogP contribution is 2.19. The molecule has 1 N–H and O–H groups in total. The molecule has 2 aliphatic heterocycles. The van der Waals surface area contributed by atoms with E-state index in [2.05, 4.69) is 19.2 Å². The molecule has 2 amide bonds. The van der Waals surface area contributed by atoms with E-state index in [9.17, 15) is 9.59 Å². The van der Waals surface area contributed by atoms with Gasteiger partial charge in [0.2, 0.25) is 11.8 Å². The number of hydrogen-bond donors (Lipinski definition) is 1. The van der Waals surface area contributed by atoms with Gasteiger partial charge in [-0.1, -0.05) is 13.8 Å². The quantitative estimate of drug-likeness (QED) is 0.820. The first-order valence-corrected chi connectivity index (χ1v) is 7.23. The van der Waals surface area contributed by atoms with Gasteiger partial charge in [-0.3, -0.25) is 9.59 Å². The Labute approximate surface area is 114 Å². The molecule has 108 valence electrons. The molecule has 2 heterocycles. The summed E-state index contributed by atoms with van der Waals surface area (Å²) in [5.41, 5.74) is 0. The molecule has 0 bridgehead atoms. The van der Waals surface area contributed by atoms with Gasteiger partial charge in [-0.25, -0.2) is 0 Å². The van der Waals surface area contributed by atoms with Gasteiger partial charge in [-0.2, -0.15) is 0 Å². The summed E-state index contributed by atoms with van der Waals surface area (Å²) in [5.74, 6) is 0.519. The minimum absolute atomic E-state index is 0.00602. The summed E-state index contributed by atoms with van der Waals surface area (Å²) < 4.78 is 5.81. The normalized spacial score (nSPS) is 24.9. The van der Waals surface area contributed by atoms with Crippen LogP contribution in [0.1, 0.15) is 33.1 Å². The summed E-state index contributed by atoms with van der Waals surface area (Å²) in [6, 6.07) is 0. The Morgan fingerprint density at radius 3 is 2.63 bits per heavy atom. The van der Waals surface area contributed by atoms with E-state index in [0.717, 1.165) is 32.5 Å². The highest BCUT2D eigenvalue weighted by molar-refractivity contribution is 5.89. The maximum Gasteiger partial charge on any atom is 0.227 e. The van der Waals surface area contributed by atoms with Crippen LogP contribution in [0.3, 0.4) is 0 Å². The molecule has 2 rings (SSSR count). The molecule has 2 fully saturated rings. The smallest absolute Gasteiger partial charge is 0.227 e. The zero-order valence-corrected chi connectivity index (χ0v) is 11.9. The molecule has 2 saturated heterocycles. The standard InChI is InChI=1S/C14H24N2O3/c1-10(2)9-19-12-3-5-16(6-4-12)14(18)11-7-13(17)15-8-11/h10-12H,3-9H2,1-2H3,(H,15,17). The van der Waals surface area contributed by atoms with Gasteiger partial charge >= 0.3 is 0 Å². The van der Waals surface area contributed by atoms with Crippen molar-refractivity contribution in [2.24, 2.45) is 11.8 Å². The Balaban J connectivity index is 1.73. The average Bonchev–Trinajstić information content (AvgIpc) is 2.83. The summed E-state index contributed by atoms with van der Waals surface area (Å²) in [6.45, 7) is 7.09. The monoisotopic (exact) mass is 268 g/mol. The lowest BCUT2D eigenvalue weighted by atomic mass is 10.0. The topological polar surface area (TPSA) is 58.6 Å². The van der Waals surface area contributed by atoms with Crippen LogP contribution < -0.4 is 5.32 Å². The number of carbonyl (C=O) groups excluding carboxylic acids is 2. The number of nitrogens with zero attached hydrogens (tertiary/aromatic N) is 1. The highest BCUT2D eigenvalue weighted by atomic mass is 16.5. The van der Waals surface area contributed by atoms with Crippen LogP contribution in [-0.2, 0) is 14.3 Å². The average molecular weight is 268 g/mol. The number of likely N-dealkylation sites (tertiary alicyclic amines) is 1. The molecule has 0 aromatic rings. The van der Waals surface area contributed by atoms with Crippen LogP contribution in [0.5, 0.6) is 0 Å². The number of amides is 2. The number of piperidine rings is 1. The molecule has 5 heteroatoms. The lowest BCUT2D eigenvalue weighted by Crippen LogP contribution is -2.44. The van der Waals surface area contributed by atoms with E-state index >= 15 is 0 Å². The van der Waals surface area contributed by atoms with Crippen molar-refractivity contribution in [2.45, 2.75) is 39.2 Å². The van der Waals surface area contributed by atoms with E-state index in [1.54, 1.807) is 0 Å². The van der Waals surface area contributed by atoms with E-state index in [1.165, 1.54) is 0 Å². The predicted molar refractivity (Wildman–Crippen MR) is 71.5 cm³/mol. The Kier molecular flexibility index (Phi) is 4.80. The molecule has 5 nitrogen and oxygen atoms in total. The van der Waals surface area contributed by atoms with Crippen LogP contribution in [0, 0.1) is 11.8 Å². The number of nitrogens with one attached hydrogen (secondary N) is 1. The lowest BCUT2D eigenvalue weighted by Gasteiger charge is -2.33. The fraction of sp³-hybridized carbons (Fsp3) is 0.857. The van der Waals surface area contributed by atoms with Gasteiger partial charge in [-0.05, 0) is 18.8 Å². The first kappa shape index (κ1) is 14.3. The summed E-state index contributed by atoms with van der Waals surface area (Å²) in [5, 5.41) is 2.72. The van der Waals surface area contributed by atoms with Crippen LogP contribution in [0.2, 0.25) is 0 Å². The van der Waals surface area contributed by atoms with Crippen LogP contribution >= 0.6 is 0 Å². The number of ether oxygens (including phenoxy) is 1. The molecule has 0 aromatic heterocycles. The predicted octanol–water partition coefficient (Wildman–Crippen LogP) is 0.786. The highest BCUT2D eigenvalue weighted by Gasteiger charge is 2.33. The maximum absolute atomic E-state index is 12.2. The zero-order chi connectivity index (χ0) is 13.8. The van der Waals surface area contributed by atoms with Crippen molar-refractivity contribution >= 4 is 11.8 Å². The van der Waals surface area contributed by atoms with Gasteiger partial charge in [0, 0.05) is 32.7 Å². The molecular formula is C14H24N2O3. The van der Waals surface area contributed by atoms with Gasteiger partial charge in [0.15, 0.2) is 0 Å². The van der Waals surface area contributed by atoms with Crippen molar-refractivity contribution in [3.63, 3.8) is 0 Å². The fourth-order valence-corrected chi connectivity index (χ4v) is 2.61. The SMILES string of the molecule is CC(C)COC1CCN(C(=O)C2CNC(=O)C2)CC1. The van der Waals surface area contributed by atoms with Crippen molar-refractivity contribution in [3.8, 4) is 0 Å². The van der Waals surface area contributed by atoms with Crippen molar-refractivity contribution in [1.29, 1.82) is 0 Å². The summed E-state index contributed by atoms with van der Waals surface area (Å²) >= 11 is 0. The van der Waals surface area contributed by atoms with Crippen LogP contribution in [-0.4, -0.2) is 49.1 Å². The van der Waals surface area contributed by atoms with Crippen molar-refractivity contribution in [1.82, 2.24) is 10.2 Å². The van der Waals surface area contributed by atoms with Crippen molar-refractivity contribution in [2.75, 3.05) is 26.2 Å². The summed E-state index contributed by atoms with van der Waals surface area (Å²) in [4.78, 5) is 25.2. The second-order valence-electron chi connectivity index (χ2n) is 5.96. The molecular weight excluding hydrogens is 244 g/mol. The molecule has 0 radical (unpaired) electrons. The largest absolute Gasteiger partial charge is 0.378 e. The molecule has 1 unspecified atom stereocenters. The van der Waals surface area contributed by atoms with Gasteiger partial charge in [0.25, 0.3) is 0 Å². The molecule has 0 spiro atoms. The van der Waals surface area contributed by atoms with E-state index in [4.69, 9.17) is 4.74 Å². The van der Waals surface area contributed by atoms with E-state index < -0.39 is 0 Å². The second-order valence-corrected chi connectivity index (χ2v) is 5.96. The first-order chi connectivity index (χ1) is 9.06. The lowest BCUT2D eigenvalue weighted by molar-refractivity contribution is -0.138. The van der Waals surface area contributed by atoms with Gasteiger partial charge in [0.1, 0.15) is 0 Å². The third kappa shape index (κ3) is 3.93. The van der Waals surface area contributed by atoms with Crippen molar-refractivity contribution < 1.29 is 14.3 Å². The minimum Gasteiger partial charge on any atom is -0.378 e. The van der Waals surface area contributed by atoms with E-state index in [1.807, 2.05) is 4.90 Å². The van der Waals surface area contributed by atoms with Crippen LogP contribution in [0.25, 0.3) is 0 Å². The fourth-order valence-electron chi connectivity index (χ4n) is 2.61. The summed E-state index contributed by atoms with van der Waals surface area (Å²) in [6.07, 6.45) is 2.46. The van der Waals surface area contributed by atoms with Crippen LogP contribution in [0.15, 0.2) is 0 Å². The maximum atomic E-state index is 12.2. The second kappa shape index (κ2) is 6.37.